The van der Waals surface area contributed by atoms with E-state index in [-0.39, 0.29) is 5.25 Å². The first kappa shape index (κ1) is 13.4. The fraction of sp³-hybridized carbons (Fsp3) is 0.500. The zero-order valence-electron chi connectivity index (χ0n) is 9.56. The molecule has 0 aliphatic carbocycles. The summed E-state index contributed by atoms with van der Waals surface area (Å²) < 4.78 is 19.5. The number of nitrogens with one attached hydrogen (secondary N) is 1. The first-order valence-corrected chi connectivity index (χ1v) is 6.71. The van der Waals surface area contributed by atoms with Crippen molar-refractivity contribution in [1.82, 2.24) is 5.32 Å². The molecule has 2 N–H and O–H groups in total. The maximum atomic E-state index is 10.7. The van der Waals surface area contributed by atoms with Gasteiger partial charge in [0.05, 0.1) is 5.25 Å². The summed E-state index contributed by atoms with van der Waals surface area (Å²) in [4.78, 5) is 0. The molecular formula is C12H19NO2S. The van der Waals surface area contributed by atoms with E-state index in [1.807, 2.05) is 18.2 Å². The van der Waals surface area contributed by atoms with Gasteiger partial charge in [-0.25, -0.2) is 4.21 Å². The topological polar surface area (TPSA) is 49.3 Å². The molecule has 1 aromatic carbocycles. The molecule has 4 heteroatoms. The van der Waals surface area contributed by atoms with Crippen molar-refractivity contribution in [3.63, 3.8) is 0 Å². The molecule has 0 heterocycles. The molecule has 1 aromatic rings. The molecule has 1 rings (SSSR count). The van der Waals surface area contributed by atoms with E-state index in [0.717, 1.165) is 25.9 Å². The largest absolute Gasteiger partial charge is 0.313 e. The summed E-state index contributed by atoms with van der Waals surface area (Å²) in [6.45, 7) is 3.54. The summed E-state index contributed by atoms with van der Waals surface area (Å²) in [5.41, 5.74) is 1.27. The van der Waals surface area contributed by atoms with E-state index < -0.39 is 11.1 Å². The van der Waals surface area contributed by atoms with Crippen molar-refractivity contribution in [2.75, 3.05) is 6.54 Å². The Morgan fingerprint density at radius 3 is 2.69 bits per heavy atom. The average Bonchev–Trinajstić information content (AvgIpc) is 2.29. The van der Waals surface area contributed by atoms with Gasteiger partial charge < -0.3 is 9.87 Å². The van der Waals surface area contributed by atoms with Crippen LogP contribution in [0.5, 0.6) is 0 Å². The lowest BCUT2D eigenvalue weighted by molar-refractivity contribution is 0.536. The van der Waals surface area contributed by atoms with Gasteiger partial charge in [0.1, 0.15) is 0 Å². The SMILES string of the molecule is CC(CCCNCc1ccccc1)S(=O)O. The lowest BCUT2D eigenvalue weighted by Crippen LogP contribution is -2.17. The van der Waals surface area contributed by atoms with Gasteiger partial charge in [-0.05, 0) is 31.9 Å². The van der Waals surface area contributed by atoms with Crippen molar-refractivity contribution in [2.24, 2.45) is 0 Å². The molecule has 0 spiro atoms. The van der Waals surface area contributed by atoms with Gasteiger partial charge in [0.25, 0.3) is 0 Å². The molecule has 0 aliphatic heterocycles. The van der Waals surface area contributed by atoms with Gasteiger partial charge in [0.15, 0.2) is 11.1 Å². The smallest absolute Gasteiger partial charge is 0.155 e. The maximum Gasteiger partial charge on any atom is 0.155 e. The third kappa shape index (κ3) is 5.39. The summed E-state index contributed by atoms with van der Waals surface area (Å²) in [6, 6.07) is 10.2. The van der Waals surface area contributed by atoms with E-state index in [2.05, 4.69) is 17.4 Å². The number of rotatable bonds is 7. The van der Waals surface area contributed by atoms with E-state index in [1.165, 1.54) is 5.56 Å². The molecule has 0 fully saturated rings. The Hall–Kier alpha value is -0.710. The van der Waals surface area contributed by atoms with Crippen LogP contribution in [0, 0.1) is 0 Å². The van der Waals surface area contributed by atoms with Crippen LogP contribution in [0.4, 0.5) is 0 Å². The Morgan fingerprint density at radius 1 is 1.38 bits per heavy atom. The zero-order valence-corrected chi connectivity index (χ0v) is 10.4. The Kier molecular flexibility index (Phi) is 6.30. The molecule has 16 heavy (non-hydrogen) atoms. The molecule has 2 atom stereocenters. The summed E-state index contributed by atoms with van der Waals surface area (Å²) in [7, 11) is 0. The highest BCUT2D eigenvalue weighted by Gasteiger charge is 2.06. The quantitative estimate of drug-likeness (QED) is 0.568. The van der Waals surface area contributed by atoms with Crippen LogP contribution in [0.3, 0.4) is 0 Å². The van der Waals surface area contributed by atoms with E-state index >= 15 is 0 Å². The van der Waals surface area contributed by atoms with Gasteiger partial charge >= 0.3 is 0 Å². The van der Waals surface area contributed by atoms with Crippen molar-refractivity contribution in [3.8, 4) is 0 Å². The molecule has 0 aromatic heterocycles. The van der Waals surface area contributed by atoms with Gasteiger partial charge in [-0.3, -0.25) is 0 Å². The summed E-state index contributed by atoms with van der Waals surface area (Å²) >= 11 is -1.68. The van der Waals surface area contributed by atoms with Crippen LogP contribution in [-0.2, 0) is 17.6 Å². The first-order valence-electron chi connectivity index (χ1n) is 5.54. The third-order valence-electron chi connectivity index (χ3n) is 2.48. The van der Waals surface area contributed by atoms with Crippen LogP contribution in [0.25, 0.3) is 0 Å². The van der Waals surface area contributed by atoms with E-state index in [4.69, 9.17) is 4.55 Å². The van der Waals surface area contributed by atoms with E-state index in [1.54, 1.807) is 6.92 Å². The van der Waals surface area contributed by atoms with Crippen LogP contribution in [0.2, 0.25) is 0 Å². The molecule has 0 amide bonds. The zero-order chi connectivity index (χ0) is 11.8. The molecule has 0 saturated carbocycles. The third-order valence-corrected chi connectivity index (χ3v) is 3.40. The van der Waals surface area contributed by atoms with Crippen LogP contribution < -0.4 is 5.32 Å². The van der Waals surface area contributed by atoms with Crippen LogP contribution in [0.1, 0.15) is 25.3 Å². The van der Waals surface area contributed by atoms with E-state index in [9.17, 15) is 4.21 Å². The van der Waals surface area contributed by atoms with Gasteiger partial charge in [0, 0.05) is 6.54 Å². The minimum Gasteiger partial charge on any atom is -0.313 e. The Morgan fingerprint density at radius 2 is 2.06 bits per heavy atom. The first-order chi connectivity index (χ1) is 7.70. The van der Waals surface area contributed by atoms with Crippen LogP contribution in [-0.4, -0.2) is 20.6 Å². The van der Waals surface area contributed by atoms with Gasteiger partial charge in [-0.1, -0.05) is 30.3 Å². The lowest BCUT2D eigenvalue weighted by atomic mass is 10.2. The molecule has 0 saturated heterocycles. The second-order valence-electron chi connectivity index (χ2n) is 3.89. The number of hydrogen-bond donors (Lipinski definition) is 2. The lowest BCUT2D eigenvalue weighted by Gasteiger charge is -2.07. The summed E-state index contributed by atoms with van der Waals surface area (Å²) in [6.07, 6.45) is 1.71. The number of benzene rings is 1. The van der Waals surface area contributed by atoms with E-state index in [0.29, 0.717) is 0 Å². The van der Waals surface area contributed by atoms with Crippen molar-refractivity contribution in [1.29, 1.82) is 0 Å². The predicted molar refractivity (Wildman–Crippen MR) is 67.6 cm³/mol. The Bertz CT molecular complexity index is 316. The summed E-state index contributed by atoms with van der Waals surface area (Å²) in [5.74, 6) is 0. The fourth-order valence-electron chi connectivity index (χ4n) is 1.44. The highest BCUT2D eigenvalue weighted by atomic mass is 32.2. The summed E-state index contributed by atoms with van der Waals surface area (Å²) in [5, 5.41) is 3.19. The highest BCUT2D eigenvalue weighted by Crippen LogP contribution is 2.02. The molecule has 90 valence electrons. The maximum absolute atomic E-state index is 10.7. The molecule has 3 nitrogen and oxygen atoms in total. The molecule has 0 radical (unpaired) electrons. The van der Waals surface area contributed by atoms with Gasteiger partial charge in [0.2, 0.25) is 0 Å². The normalized spacial score (nSPS) is 14.6. The van der Waals surface area contributed by atoms with Crippen molar-refractivity contribution >= 4 is 11.1 Å². The van der Waals surface area contributed by atoms with Crippen molar-refractivity contribution in [3.05, 3.63) is 35.9 Å². The average molecular weight is 241 g/mol. The second kappa shape index (κ2) is 7.54. The minimum absolute atomic E-state index is 0.126. The standard InChI is InChI=1S/C12H19NO2S/c1-11(16(14)15)6-5-9-13-10-12-7-3-2-4-8-12/h2-4,7-8,11,13H,5-6,9-10H2,1H3,(H,14,15). The molecule has 2 unspecified atom stereocenters. The molecule has 0 aliphatic rings. The minimum atomic E-state index is -1.68. The van der Waals surface area contributed by atoms with Gasteiger partial charge in [-0.15, -0.1) is 0 Å². The Labute approximate surface area is 99.5 Å². The van der Waals surface area contributed by atoms with Crippen LogP contribution in [0.15, 0.2) is 30.3 Å². The van der Waals surface area contributed by atoms with Gasteiger partial charge in [-0.2, -0.15) is 0 Å². The van der Waals surface area contributed by atoms with Crippen molar-refractivity contribution < 1.29 is 8.76 Å². The van der Waals surface area contributed by atoms with Crippen LogP contribution >= 0.6 is 0 Å². The second-order valence-corrected chi connectivity index (χ2v) is 5.25. The predicted octanol–water partition coefficient (Wildman–Crippen LogP) is 2.17. The molecule has 0 bridgehead atoms. The molecular weight excluding hydrogens is 222 g/mol. The monoisotopic (exact) mass is 241 g/mol. The Balaban J connectivity index is 2.07. The fourth-order valence-corrected chi connectivity index (χ4v) is 1.81. The number of hydrogen-bond acceptors (Lipinski definition) is 2. The highest BCUT2D eigenvalue weighted by molar-refractivity contribution is 7.79. The van der Waals surface area contributed by atoms with Crippen molar-refractivity contribution in [2.45, 2.75) is 31.6 Å².